The van der Waals surface area contributed by atoms with Gasteiger partial charge in [-0.25, -0.2) is 4.68 Å². The molecule has 128 valence electrons. The highest BCUT2D eigenvalue weighted by Gasteiger charge is 2.13. The summed E-state index contributed by atoms with van der Waals surface area (Å²) in [5.74, 6) is 1.23. The van der Waals surface area contributed by atoms with Crippen molar-refractivity contribution >= 4 is 6.08 Å². The topological polar surface area (TPSA) is 59.3 Å². The van der Waals surface area contributed by atoms with Crippen LogP contribution in [0.2, 0.25) is 0 Å². The van der Waals surface area contributed by atoms with E-state index in [2.05, 4.69) is 47.7 Å². The maximum Gasteiger partial charge on any atom is 0.233 e. The van der Waals surface area contributed by atoms with E-state index < -0.39 is 0 Å². The van der Waals surface area contributed by atoms with Crippen LogP contribution in [-0.4, -0.2) is 41.2 Å². The maximum atomic E-state index is 8.72. The van der Waals surface area contributed by atoms with Crippen LogP contribution in [0.1, 0.15) is 23.7 Å². The number of allylic oxidation sites excluding steroid dienone is 1. The van der Waals surface area contributed by atoms with Crippen molar-refractivity contribution < 1.29 is 9.84 Å². The van der Waals surface area contributed by atoms with Crippen LogP contribution < -0.4 is 10.1 Å². The van der Waals surface area contributed by atoms with Crippen LogP contribution in [0.4, 0.5) is 0 Å². The number of aryl methyl sites for hydroxylation is 1. The van der Waals surface area contributed by atoms with E-state index in [9.17, 15) is 0 Å². The first-order chi connectivity index (χ1) is 11.7. The molecule has 1 heterocycles. The molecule has 0 fully saturated rings. The van der Waals surface area contributed by atoms with Gasteiger partial charge in [-0.3, -0.25) is 0 Å². The fourth-order valence-corrected chi connectivity index (χ4v) is 2.95. The standard InChI is InChI=1S/C19H25N3O2/c1-14-3-4-17-13-18(6-5-16(17)11-14)22-15(2)12-19(21-22)24-10-8-20-7-9-23/h3-6,12-14,20,23H,7-11H2,1-2H3/t14-/m0/s1. The summed E-state index contributed by atoms with van der Waals surface area (Å²) >= 11 is 0. The fourth-order valence-electron chi connectivity index (χ4n) is 2.95. The Kier molecular flexibility index (Phi) is 5.33. The van der Waals surface area contributed by atoms with Crippen molar-refractivity contribution in [1.82, 2.24) is 15.1 Å². The van der Waals surface area contributed by atoms with Gasteiger partial charge in [-0.15, -0.1) is 5.10 Å². The van der Waals surface area contributed by atoms with Crippen molar-refractivity contribution in [2.24, 2.45) is 5.92 Å². The quantitative estimate of drug-likeness (QED) is 0.767. The number of aliphatic hydroxyl groups is 1. The minimum absolute atomic E-state index is 0.138. The first-order valence-corrected chi connectivity index (χ1v) is 8.50. The maximum absolute atomic E-state index is 8.72. The van der Waals surface area contributed by atoms with E-state index in [1.165, 1.54) is 11.1 Å². The lowest BCUT2D eigenvalue weighted by atomic mass is 9.90. The van der Waals surface area contributed by atoms with Crippen LogP contribution in [0, 0.1) is 12.8 Å². The van der Waals surface area contributed by atoms with Crippen molar-refractivity contribution in [1.29, 1.82) is 0 Å². The Labute approximate surface area is 143 Å². The number of aliphatic hydroxyl groups excluding tert-OH is 1. The molecule has 0 radical (unpaired) electrons. The Bertz CT molecular complexity index is 721. The first kappa shape index (κ1) is 16.7. The monoisotopic (exact) mass is 327 g/mol. The summed E-state index contributed by atoms with van der Waals surface area (Å²) in [7, 11) is 0. The molecule has 0 bridgehead atoms. The highest BCUT2D eigenvalue weighted by molar-refractivity contribution is 5.60. The zero-order chi connectivity index (χ0) is 16.9. The van der Waals surface area contributed by atoms with Crippen LogP contribution in [0.15, 0.2) is 30.3 Å². The molecule has 0 aliphatic heterocycles. The summed E-state index contributed by atoms with van der Waals surface area (Å²) in [4.78, 5) is 0. The normalized spacial score (nSPS) is 16.2. The third kappa shape index (κ3) is 3.86. The number of aromatic nitrogens is 2. The molecule has 0 unspecified atom stereocenters. The molecule has 0 amide bonds. The second-order valence-electron chi connectivity index (χ2n) is 6.28. The van der Waals surface area contributed by atoms with Crippen molar-refractivity contribution in [3.63, 3.8) is 0 Å². The van der Waals surface area contributed by atoms with E-state index in [1.54, 1.807) is 0 Å². The van der Waals surface area contributed by atoms with Gasteiger partial charge in [0, 0.05) is 24.8 Å². The molecule has 2 N–H and O–H groups in total. The molecule has 1 aliphatic carbocycles. The average Bonchev–Trinajstić information content (AvgIpc) is 2.95. The van der Waals surface area contributed by atoms with E-state index in [-0.39, 0.29) is 6.61 Å². The number of ether oxygens (including phenoxy) is 1. The molecule has 2 aromatic rings. The molecule has 1 aromatic carbocycles. The molecular formula is C19H25N3O2. The Morgan fingerprint density at radius 1 is 1.33 bits per heavy atom. The van der Waals surface area contributed by atoms with Gasteiger partial charge in [-0.05, 0) is 42.5 Å². The van der Waals surface area contributed by atoms with Crippen LogP contribution in [0.25, 0.3) is 11.8 Å². The molecular weight excluding hydrogens is 302 g/mol. The van der Waals surface area contributed by atoms with Crippen molar-refractivity contribution in [2.75, 3.05) is 26.3 Å². The van der Waals surface area contributed by atoms with E-state index in [0.717, 1.165) is 17.8 Å². The lowest BCUT2D eigenvalue weighted by Gasteiger charge is -2.17. The number of nitrogens with one attached hydrogen (secondary N) is 1. The van der Waals surface area contributed by atoms with Gasteiger partial charge in [-0.1, -0.05) is 25.1 Å². The Balaban J connectivity index is 1.71. The van der Waals surface area contributed by atoms with Gasteiger partial charge < -0.3 is 15.2 Å². The van der Waals surface area contributed by atoms with E-state index in [0.29, 0.717) is 31.5 Å². The van der Waals surface area contributed by atoms with Crippen LogP contribution in [0.5, 0.6) is 5.88 Å². The number of nitrogens with zero attached hydrogens (tertiary/aromatic N) is 2. The van der Waals surface area contributed by atoms with Gasteiger partial charge in [0.15, 0.2) is 0 Å². The second-order valence-corrected chi connectivity index (χ2v) is 6.28. The van der Waals surface area contributed by atoms with Crippen molar-refractivity contribution in [3.8, 4) is 11.6 Å². The minimum Gasteiger partial charge on any atom is -0.475 e. The van der Waals surface area contributed by atoms with Gasteiger partial charge >= 0.3 is 0 Å². The number of rotatable bonds is 7. The number of fused-ring (bicyclic) bond motifs is 1. The first-order valence-electron chi connectivity index (χ1n) is 8.50. The summed E-state index contributed by atoms with van der Waals surface area (Å²) in [6, 6.07) is 8.45. The third-order valence-corrected chi connectivity index (χ3v) is 4.20. The second kappa shape index (κ2) is 7.64. The van der Waals surface area contributed by atoms with Gasteiger partial charge in [0.05, 0.1) is 12.3 Å². The highest BCUT2D eigenvalue weighted by Crippen LogP contribution is 2.26. The molecule has 0 spiro atoms. The Morgan fingerprint density at radius 3 is 3.04 bits per heavy atom. The van der Waals surface area contributed by atoms with Gasteiger partial charge in [-0.2, -0.15) is 0 Å². The third-order valence-electron chi connectivity index (χ3n) is 4.20. The zero-order valence-corrected chi connectivity index (χ0v) is 14.3. The zero-order valence-electron chi connectivity index (χ0n) is 14.3. The SMILES string of the molecule is Cc1cc(OCCNCCO)nn1-c1ccc2c(c1)C=C[C@H](C)C2. The van der Waals surface area contributed by atoms with Crippen LogP contribution in [0.3, 0.4) is 0 Å². The van der Waals surface area contributed by atoms with Gasteiger partial charge in [0.2, 0.25) is 5.88 Å². The highest BCUT2D eigenvalue weighted by atomic mass is 16.5. The Hall–Kier alpha value is -2.11. The van der Waals surface area contributed by atoms with Gasteiger partial charge in [0.25, 0.3) is 0 Å². The van der Waals surface area contributed by atoms with Crippen molar-refractivity contribution in [2.45, 2.75) is 20.3 Å². The fraction of sp³-hybridized carbons (Fsp3) is 0.421. The lowest BCUT2D eigenvalue weighted by molar-refractivity contribution is 0.271. The van der Waals surface area contributed by atoms with Crippen LogP contribution in [-0.2, 0) is 6.42 Å². The number of benzene rings is 1. The van der Waals surface area contributed by atoms with Crippen LogP contribution >= 0.6 is 0 Å². The molecule has 1 aliphatic rings. The predicted molar refractivity (Wildman–Crippen MR) is 95.7 cm³/mol. The summed E-state index contributed by atoms with van der Waals surface area (Å²) in [6.07, 6.45) is 5.56. The van der Waals surface area contributed by atoms with E-state index >= 15 is 0 Å². The molecule has 24 heavy (non-hydrogen) atoms. The summed E-state index contributed by atoms with van der Waals surface area (Å²) in [5, 5.41) is 16.4. The largest absolute Gasteiger partial charge is 0.475 e. The molecule has 1 atom stereocenters. The molecule has 5 nitrogen and oxygen atoms in total. The lowest BCUT2D eigenvalue weighted by Crippen LogP contribution is -2.24. The average molecular weight is 327 g/mol. The molecule has 5 heteroatoms. The summed E-state index contributed by atoms with van der Waals surface area (Å²) in [6.45, 7) is 6.21. The smallest absolute Gasteiger partial charge is 0.233 e. The Morgan fingerprint density at radius 2 is 2.21 bits per heavy atom. The minimum atomic E-state index is 0.138. The summed E-state index contributed by atoms with van der Waals surface area (Å²) < 4.78 is 7.59. The molecule has 0 saturated carbocycles. The summed E-state index contributed by atoms with van der Waals surface area (Å²) in [5.41, 5.74) is 4.77. The molecule has 0 saturated heterocycles. The van der Waals surface area contributed by atoms with Gasteiger partial charge in [0.1, 0.15) is 6.61 Å². The van der Waals surface area contributed by atoms with E-state index in [1.807, 2.05) is 17.7 Å². The van der Waals surface area contributed by atoms with Crippen molar-refractivity contribution in [3.05, 3.63) is 47.2 Å². The predicted octanol–water partition coefficient (Wildman–Crippen LogP) is 2.35. The molecule has 3 rings (SSSR count). The molecule has 1 aromatic heterocycles. The van der Waals surface area contributed by atoms with E-state index in [4.69, 9.17) is 9.84 Å². The number of hydrogen-bond donors (Lipinski definition) is 2. The number of hydrogen-bond acceptors (Lipinski definition) is 4.